The number of aromatic nitrogens is 1. The first-order chi connectivity index (χ1) is 12.5. The first kappa shape index (κ1) is 17.3. The van der Waals surface area contributed by atoms with Crippen LogP contribution in [0.15, 0.2) is 30.3 Å². The van der Waals surface area contributed by atoms with Gasteiger partial charge < -0.3 is 9.67 Å². The van der Waals surface area contributed by atoms with Gasteiger partial charge in [0.2, 0.25) is 0 Å². The molecule has 1 aromatic heterocycles. The van der Waals surface area contributed by atoms with Crippen molar-refractivity contribution in [3.63, 3.8) is 0 Å². The normalized spacial score (nSPS) is 24.8. The fraction of sp³-hybridized carbons (Fsp3) is 0.400. The van der Waals surface area contributed by atoms with Gasteiger partial charge in [-0.05, 0) is 56.5 Å². The smallest absolute Gasteiger partial charge is 0.178 e. The first-order valence-corrected chi connectivity index (χ1v) is 9.22. The van der Waals surface area contributed by atoms with Gasteiger partial charge in [-0.1, -0.05) is 11.6 Å². The second-order valence-electron chi connectivity index (χ2n) is 7.16. The molecule has 1 aromatic carbocycles. The molecule has 0 radical (unpaired) electrons. The predicted octanol–water partition coefficient (Wildman–Crippen LogP) is 3.09. The minimum Gasteiger partial charge on any atom is -0.391 e. The van der Waals surface area contributed by atoms with Crippen LogP contribution in [0.4, 0.5) is 0 Å². The summed E-state index contributed by atoms with van der Waals surface area (Å²) in [5.74, 6) is 0.0304. The topological polar surface area (TPSA) is 69.3 Å². The summed E-state index contributed by atoms with van der Waals surface area (Å²) in [6, 6.07) is 11.3. The van der Waals surface area contributed by atoms with E-state index in [1.807, 2.05) is 23.6 Å². The Morgan fingerprint density at radius 1 is 1.35 bits per heavy atom. The van der Waals surface area contributed by atoms with Crippen LogP contribution in [-0.4, -0.2) is 45.1 Å². The van der Waals surface area contributed by atoms with Crippen molar-refractivity contribution in [2.75, 3.05) is 6.54 Å². The lowest BCUT2D eigenvalue weighted by Gasteiger charge is -2.21. The van der Waals surface area contributed by atoms with Crippen molar-refractivity contribution in [3.05, 3.63) is 52.3 Å². The third-order valence-electron chi connectivity index (χ3n) is 5.73. The van der Waals surface area contributed by atoms with E-state index in [0.717, 1.165) is 30.6 Å². The Morgan fingerprint density at radius 2 is 2.08 bits per heavy atom. The van der Waals surface area contributed by atoms with Gasteiger partial charge in [-0.2, -0.15) is 5.26 Å². The number of aliphatic hydroxyl groups is 1. The maximum Gasteiger partial charge on any atom is 0.178 e. The molecule has 3 atom stereocenters. The highest BCUT2D eigenvalue weighted by atomic mass is 35.5. The Bertz CT molecular complexity index is 897. The molecule has 2 bridgehead atoms. The molecule has 4 rings (SSSR count). The molecule has 0 spiro atoms. The summed E-state index contributed by atoms with van der Waals surface area (Å²) in [7, 11) is 0. The van der Waals surface area contributed by atoms with Crippen molar-refractivity contribution in [2.24, 2.45) is 0 Å². The SMILES string of the molecule is Cc1c(C(=O)CN2C3CCC2[C@@H](O)C3)cc(Cl)n1-c1ccc(C#N)cc1. The molecule has 2 fully saturated rings. The fourth-order valence-electron chi connectivity index (χ4n) is 4.42. The number of Topliss-reactive ketones (excluding diaryl/α,β-unsaturated/α-hetero) is 1. The van der Waals surface area contributed by atoms with Gasteiger partial charge in [0.05, 0.1) is 24.3 Å². The van der Waals surface area contributed by atoms with Crippen molar-refractivity contribution >= 4 is 17.4 Å². The zero-order chi connectivity index (χ0) is 18.4. The van der Waals surface area contributed by atoms with Gasteiger partial charge in [0, 0.05) is 29.0 Å². The molecule has 26 heavy (non-hydrogen) atoms. The lowest BCUT2D eigenvalue weighted by atomic mass is 9.98. The summed E-state index contributed by atoms with van der Waals surface area (Å²) < 4.78 is 1.82. The Morgan fingerprint density at radius 3 is 2.65 bits per heavy atom. The summed E-state index contributed by atoms with van der Waals surface area (Å²) in [5.41, 5.74) is 2.80. The number of rotatable bonds is 4. The van der Waals surface area contributed by atoms with E-state index >= 15 is 0 Å². The van der Waals surface area contributed by atoms with Gasteiger partial charge in [-0.15, -0.1) is 0 Å². The molecule has 6 heteroatoms. The predicted molar refractivity (Wildman–Crippen MR) is 98.7 cm³/mol. The van der Waals surface area contributed by atoms with Crippen LogP contribution in [-0.2, 0) is 0 Å². The Labute approximate surface area is 157 Å². The van der Waals surface area contributed by atoms with Crippen LogP contribution < -0.4 is 0 Å². The molecule has 2 aliphatic heterocycles. The zero-order valence-corrected chi connectivity index (χ0v) is 15.3. The van der Waals surface area contributed by atoms with E-state index in [1.54, 1.807) is 18.2 Å². The Kier molecular flexibility index (Phi) is 4.36. The summed E-state index contributed by atoms with van der Waals surface area (Å²) in [5, 5.41) is 19.5. The van der Waals surface area contributed by atoms with Crippen LogP contribution in [0.25, 0.3) is 5.69 Å². The fourth-order valence-corrected chi connectivity index (χ4v) is 4.75. The molecule has 1 N–H and O–H groups in total. The molecule has 2 saturated heterocycles. The second kappa shape index (κ2) is 6.55. The number of hydrogen-bond donors (Lipinski definition) is 1. The molecule has 2 unspecified atom stereocenters. The number of nitriles is 1. The van der Waals surface area contributed by atoms with E-state index < -0.39 is 0 Å². The summed E-state index contributed by atoms with van der Waals surface area (Å²) >= 11 is 6.40. The summed E-state index contributed by atoms with van der Waals surface area (Å²) in [4.78, 5) is 15.1. The van der Waals surface area contributed by atoms with Crippen LogP contribution in [0.1, 0.15) is 40.9 Å². The van der Waals surface area contributed by atoms with Crippen LogP contribution in [0.5, 0.6) is 0 Å². The highest BCUT2D eigenvalue weighted by Gasteiger charge is 2.46. The standard InChI is InChI=1S/C20H20ClN3O2/c1-12-16(19(26)11-23-15-6-7-17(23)18(25)8-15)9-20(21)24(12)14-4-2-13(10-22)3-5-14/h2-5,9,15,17-18,25H,6-8,11H2,1H3/t15?,17?,18-/m0/s1. The third-order valence-corrected chi connectivity index (χ3v) is 6.01. The number of nitrogens with zero attached hydrogens (tertiary/aromatic N) is 3. The quantitative estimate of drug-likeness (QED) is 0.841. The van der Waals surface area contributed by atoms with E-state index in [9.17, 15) is 9.90 Å². The number of aliphatic hydroxyl groups excluding tert-OH is 1. The van der Waals surface area contributed by atoms with Crippen molar-refractivity contribution in [3.8, 4) is 11.8 Å². The van der Waals surface area contributed by atoms with Gasteiger partial charge in [-0.25, -0.2) is 0 Å². The Hall–Kier alpha value is -2.13. The van der Waals surface area contributed by atoms with E-state index in [0.29, 0.717) is 28.9 Å². The van der Waals surface area contributed by atoms with Gasteiger partial charge >= 0.3 is 0 Å². The van der Waals surface area contributed by atoms with E-state index in [4.69, 9.17) is 16.9 Å². The molecule has 0 saturated carbocycles. The second-order valence-corrected chi connectivity index (χ2v) is 7.54. The number of halogens is 1. The maximum atomic E-state index is 12.9. The highest BCUT2D eigenvalue weighted by Crippen LogP contribution is 2.38. The average molecular weight is 370 g/mol. The molecule has 0 aliphatic carbocycles. The molecular weight excluding hydrogens is 350 g/mol. The molecule has 3 heterocycles. The van der Waals surface area contributed by atoms with Crippen LogP contribution in [0, 0.1) is 18.3 Å². The molecule has 0 amide bonds. The van der Waals surface area contributed by atoms with E-state index in [2.05, 4.69) is 11.0 Å². The number of ketones is 1. The van der Waals surface area contributed by atoms with E-state index in [1.165, 1.54) is 0 Å². The monoisotopic (exact) mass is 369 g/mol. The third kappa shape index (κ3) is 2.75. The van der Waals surface area contributed by atoms with Crippen molar-refractivity contribution in [1.82, 2.24) is 9.47 Å². The van der Waals surface area contributed by atoms with E-state index in [-0.39, 0.29) is 17.9 Å². The van der Waals surface area contributed by atoms with Crippen LogP contribution in [0.3, 0.4) is 0 Å². The molecular formula is C20H20ClN3O2. The number of hydrogen-bond acceptors (Lipinski definition) is 4. The van der Waals surface area contributed by atoms with Gasteiger partial charge in [0.25, 0.3) is 0 Å². The number of carbonyl (C=O) groups is 1. The van der Waals surface area contributed by atoms with Crippen LogP contribution >= 0.6 is 11.6 Å². The average Bonchev–Trinajstić information content (AvgIpc) is 3.25. The summed E-state index contributed by atoms with van der Waals surface area (Å²) in [6.45, 7) is 2.20. The lowest BCUT2D eigenvalue weighted by molar-refractivity contribution is 0.0873. The van der Waals surface area contributed by atoms with Gasteiger partial charge in [0.15, 0.2) is 5.78 Å². The highest BCUT2D eigenvalue weighted by molar-refractivity contribution is 6.30. The lowest BCUT2D eigenvalue weighted by Crippen LogP contribution is -2.36. The molecule has 5 nitrogen and oxygen atoms in total. The van der Waals surface area contributed by atoms with Crippen LogP contribution in [0.2, 0.25) is 5.15 Å². The molecule has 134 valence electrons. The van der Waals surface area contributed by atoms with Gasteiger partial charge in [-0.3, -0.25) is 9.69 Å². The molecule has 2 aliphatic rings. The number of carbonyl (C=O) groups excluding carboxylic acids is 1. The largest absolute Gasteiger partial charge is 0.391 e. The van der Waals surface area contributed by atoms with Crippen molar-refractivity contribution in [1.29, 1.82) is 5.26 Å². The zero-order valence-electron chi connectivity index (χ0n) is 14.5. The number of benzene rings is 1. The Balaban J connectivity index is 1.60. The molecule has 2 aromatic rings. The first-order valence-electron chi connectivity index (χ1n) is 8.85. The minimum atomic E-state index is -0.311. The van der Waals surface area contributed by atoms with Gasteiger partial charge in [0.1, 0.15) is 5.15 Å². The minimum absolute atomic E-state index is 0.0304. The maximum absolute atomic E-state index is 12.9. The summed E-state index contributed by atoms with van der Waals surface area (Å²) in [6.07, 6.45) is 2.48. The van der Waals surface area contributed by atoms with Crippen molar-refractivity contribution in [2.45, 2.75) is 44.4 Å². The van der Waals surface area contributed by atoms with Crippen molar-refractivity contribution < 1.29 is 9.90 Å². The number of fused-ring (bicyclic) bond motifs is 2.